The molecular weight excluding hydrogens is 394 g/mol. The molecule has 3 aromatic rings. The van der Waals surface area contributed by atoms with Crippen molar-refractivity contribution in [2.75, 3.05) is 0 Å². The zero-order valence-electron chi connectivity index (χ0n) is 16.2. The Kier molecular flexibility index (Phi) is 6.31. The topological polar surface area (TPSA) is 94.1 Å². The number of non-ortho nitro benzene ring substituents is 1. The summed E-state index contributed by atoms with van der Waals surface area (Å²) in [5, 5.41) is 26.3. The molecule has 2 atom stereocenters. The lowest BCUT2D eigenvalue weighted by molar-refractivity contribution is -0.384. The van der Waals surface area contributed by atoms with Crippen LogP contribution in [0.4, 0.5) is 14.5 Å². The van der Waals surface area contributed by atoms with Gasteiger partial charge in [0, 0.05) is 23.8 Å². The lowest BCUT2D eigenvalue weighted by Crippen LogP contribution is -2.39. The van der Waals surface area contributed by atoms with E-state index in [-0.39, 0.29) is 17.8 Å². The minimum atomic E-state index is -1.70. The maximum Gasteiger partial charge on any atom is 0.270 e. The van der Waals surface area contributed by atoms with Crippen LogP contribution in [0.1, 0.15) is 24.5 Å². The molecule has 0 saturated heterocycles. The van der Waals surface area contributed by atoms with Crippen LogP contribution in [0.25, 0.3) is 6.08 Å². The predicted octanol–water partition coefficient (Wildman–Crippen LogP) is 4.09. The molecule has 2 aromatic carbocycles. The molecule has 1 heterocycles. The number of hydrogen-bond donors (Lipinski definition) is 1. The Hall–Kier alpha value is -3.46. The average Bonchev–Trinajstić information content (AvgIpc) is 3.20. The smallest absolute Gasteiger partial charge is 0.270 e. The monoisotopic (exact) mass is 414 g/mol. The number of aliphatic hydroxyl groups is 1. The van der Waals surface area contributed by atoms with Crippen molar-refractivity contribution in [3.8, 4) is 0 Å². The first-order valence-electron chi connectivity index (χ1n) is 9.21. The Labute approximate surface area is 171 Å². The molecule has 0 fully saturated rings. The fourth-order valence-electron chi connectivity index (χ4n) is 3.25. The predicted molar refractivity (Wildman–Crippen MR) is 106 cm³/mol. The Bertz CT molecular complexity index is 1060. The van der Waals surface area contributed by atoms with E-state index in [1.807, 2.05) is 0 Å². The summed E-state index contributed by atoms with van der Waals surface area (Å²) in [6.45, 7) is 1.65. The Morgan fingerprint density at radius 1 is 1.30 bits per heavy atom. The third-order valence-electron chi connectivity index (χ3n) is 4.96. The summed E-state index contributed by atoms with van der Waals surface area (Å²) in [4.78, 5) is 14.3. The molecule has 156 valence electrons. The second kappa shape index (κ2) is 8.91. The maximum atomic E-state index is 14.5. The molecule has 0 aliphatic heterocycles. The van der Waals surface area contributed by atoms with E-state index in [1.54, 1.807) is 31.2 Å². The highest BCUT2D eigenvalue weighted by atomic mass is 19.1. The first-order chi connectivity index (χ1) is 14.3. The molecule has 0 saturated carbocycles. The molecule has 30 heavy (non-hydrogen) atoms. The molecule has 0 unspecified atom stereocenters. The summed E-state index contributed by atoms with van der Waals surface area (Å²) < 4.78 is 29.3. The zero-order chi connectivity index (χ0) is 21.7. The molecule has 1 N–H and O–H groups in total. The summed E-state index contributed by atoms with van der Waals surface area (Å²) in [6.07, 6.45) is 6.47. The van der Waals surface area contributed by atoms with Crippen molar-refractivity contribution in [3.05, 3.63) is 94.1 Å². The van der Waals surface area contributed by atoms with Crippen LogP contribution in [0, 0.1) is 27.7 Å². The van der Waals surface area contributed by atoms with Gasteiger partial charge in [0.2, 0.25) is 0 Å². The summed E-state index contributed by atoms with van der Waals surface area (Å²) in [5.74, 6) is -2.10. The van der Waals surface area contributed by atoms with E-state index in [0.29, 0.717) is 12.0 Å². The average molecular weight is 414 g/mol. The van der Waals surface area contributed by atoms with Crippen molar-refractivity contribution in [2.45, 2.75) is 25.5 Å². The van der Waals surface area contributed by atoms with Crippen molar-refractivity contribution in [2.24, 2.45) is 5.92 Å². The van der Waals surface area contributed by atoms with Crippen molar-refractivity contribution in [3.63, 3.8) is 0 Å². The number of hydrogen-bond acceptors (Lipinski definition) is 5. The van der Waals surface area contributed by atoms with Crippen molar-refractivity contribution < 1.29 is 18.8 Å². The van der Waals surface area contributed by atoms with Crippen LogP contribution in [-0.2, 0) is 12.1 Å². The van der Waals surface area contributed by atoms with Gasteiger partial charge in [0.05, 0.1) is 11.5 Å². The Balaban J connectivity index is 1.86. The lowest BCUT2D eigenvalue weighted by Gasteiger charge is -2.34. The standard InChI is InChI=1S/C21H20F2N4O3/c1-15(4-2-5-16-6-3-7-18(10-16)27(29)30)21(28,12-26-14-24-13-25-26)19-9-8-17(22)11-20(19)23/h2-3,5-11,13-15,28H,4,12H2,1H3/b5-2+/t15-,21+/m0/s1. The highest BCUT2D eigenvalue weighted by molar-refractivity contribution is 5.53. The van der Waals surface area contributed by atoms with Gasteiger partial charge in [0.1, 0.15) is 29.9 Å². The summed E-state index contributed by atoms with van der Waals surface area (Å²) in [5.41, 5.74) is -1.14. The molecule has 1 aromatic heterocycles. The highest BCUT2D eigenvalue weighted by Gasteiger charge is 2.38. The van der Waals surface area contributed by atoms with E-state index in [0.717, 1.165) is 12.1 Å². The molecule has 9 heteroatoms. The molecule has 0 spiro atoms. The van der Waals surface area contributed by atoms with Gasteiger partial charge in [-0.15, -0.1) is 0 Å². The van der Waals surface area contributed by atoms with Gasteiger partial charge in [-0.3, -0.25) is 10.1 Å². The summed E-state index contributed by atoms with van der Waals surface area (Å²) in [6, 6.07) is 9.17. The van der Waals surface area contributed by atoms with E-state index in [2.05, 4.69) is 10.1 Å². The van der Waals surface area contributed by atoms with Crippen molar-refractivity contribution >= 4 is 11.8 Å². The first kappa shape index (κ1) is 21.3. The van der Waals surface area contributed by atoms with Crippen molar-refractivity contribution in [1.82, 2.24) is 14.8 Å². The Morgan fingerprint density at radius 3 is 2.77 bits per heavy atom. The van der Waals surface area contributed by atoms with Gasteiger partial charge >= 0.3 is 0 Å². The fraction of sp³-hybridized carbons (Fsp3) is 0.238. The number of halogens is 2. The molecule has 0 aliphatic carbocycles. The number of nitrogens with zero attached hydrogens (tertiary/aromatic N) is 4. The molecular formula is C21H20F2N4O3. The number of nitro benzene ring substituents is 1. The van der Waals surface area contributed by atoms with E-state index in [4.69, 9.17) is 0 Å². The van der Waals surface area contributed by atoms with E-state index < -0.39 is 28.1 Å². The SMILES string of the molecule is C[C@@H](C/C=C/c1cccc([N+](=O)[O-])c1)[C@](O)(Cn1cncn1)c1ccc(F)cc1F. The second-order valence-corrected chi connectivity index (χ2v) is 7.03. The van der Waals surface area contributed by atoms with Gasteiger partial charge in [-0.25, -0.2) is 18.4 Å². The van der Waals surface area contributed by atoms with Crippen LogP contribution in [0.5, 0.6) is 0 Å². The van der Waals surface area contributed by atoms with Crippen LogP contribution in [-0.4, -0.2) is 24.8 Å². The van der Waals surface area contributed by atoms with Gasteiger partial charge < -0.3 is 5.11 Å². The quantitative estimate of drug-likeness (QED) is 0.443. The first-order valence-corrected chi connectivity index (χ1v) is 9.21. The number of rotatable bonds is 8. The number of allylic oxidation sites excluding steroid dienone is 1. The summed E-state index contributed by atoms with van der Waals surface area (Å²) >= 11 is 0. The van der Waals surface area contributed by atoms with Crippen molar-refractivity contribution in [1.29, 1.82) is 0 Å². The number of aromatic nitrogens is 3. The third kappa shape index (κ3) is 4.74. The van der Waals surface area contributed by atoms with Gasteiger partial charge in [0.25, 0.3) is 5.69 Å². The second-order valence-electron chi connectivity index (χ2n) is 7.03. The Morgan fingerprint density at radius 2 is 2.10 bits per heavy atom. The normalized spacial score (nSPS) is 14.5. The maximum absolute atomic E-state index is 14.5. The van der Waals surface area contributed by atoms with Gasteiger partial charge in [-0.05, 0) is 24.0 Å². The van der Waals surface area contributed by atoms with Gasteiger partial charge in [-0.2, -0.15) is 5.10 Å². The van der Waals surface area contributed by atoms with Crippen LogP contribution in [0.2, 0.25) is 0 Å². The van der Waals surface area contributed by atoms with Gasteiger partial charge in [-0.1, -0.05) is 37.3 Å². The third-order valence-corrected chi connectivity index (χ3v) is 4.96. The lowest BCUT2D eigenvalue weighted by atomic mass is 9.80. The summed E-state index contributed by atoms with van der Waals surface area (Å²) in [7, 11) is 0. The minimum absolute atomic E-state index is 0.0266. The molecule has 0 bridgehead atoms. The van der Waals surface area contributed by atoms with Crippen LogP contribution in [0.15, 0.2) is 61.2 Å². The molecule has 0 aliphatic rings. The molecule has 7 nitrogen and oxygen atoms in total. The van der Waals surface area contributed by atoms with Crippen LogP contribution in [0.3, 0.4) is 0 Å². The minimum Gasteiger partial charge on any atom is -0.383 e. The fourth-order valence-corrected chi connectivity index (χ4v) is 3.25. The highest BCUT2D eigenvalue weighted by Crippen LogP contribution is 2.35. The molecule has 0 amide bonds. The van der Waals surface area contributed by atoms with Crippen LogP contribution < -0.4 is 0 Å². The largest absolute Gasteiger partial charge is 0.383 e. The van der Waals surface area contributed by atoms with E-state index >= 15 is 0 Å². The van der Waals surface area contributed by atoms with Crippen LogP contribution >= 0.6 is 0 Å². The van der Waals surface area contributed by atoms with E-state index in [9.17, 15) is 24.0 Å². The molecule has 0 radical (unpaired) electrons. The number of benzene rings is 2. The number of nitro groups is 1. The van der Waals surface area contributed by atoms with E-state index in [1.165, 1.54) is 35.5 Å². The molecule has 3 rings (SSSR count). The van der Waals surface area contributed by atoms with Gasteiger partial charge in [0.15, 0.2) is 0 Å². The zero-order valence-corrected chi connectivity index (χ0v) is 16.2.